The summed E-state index contributed by atoms with van der Waals surface area (Å²) in [5, 5.41) is 3.35. The minimum absolute atomic E-state index is 0.435. The van der Waals surface area contributed by atoms with Crippen molar-refractivity contribution in [2.24, 2.45) is 0 Å². The van der Waals surface area contributed by atoms with E-state index in [4.69, 9.17) is 0 Å². The number of nitrogens with zero attached hydrogens (tertiary/aromatic N) is 3. The molecule has 1 saturated heterocycles. The van der Waals surface area contributed by atoms with Crippen LogP contribution in [0.25, 0.3) is 0 Å². The molecule has 1 aromatic heterocycles. The van der Waals surface area contributed by atoms with Crippen molar-refractivity contribution in [2.45, 2.75) is 26.7 Å². The van der Waals surface area contributed by atoms with Crippen molar-refractivity contribution in [3.63, 3.8) is 0 Å². The van der Waals surface area contributed by atoms with Crippen LogP contribution in [-0.4, -0.2) is 41.1 Å². The van der Waals surface area contributed by atoms with Crippen LogP contribution < -0.4 is 10.2 Å². The van der Waals surface area contributed by atoms with E-state index in [2.05, 4.69) is 41.0 Å². The smallest absolute Gasteiger partial charge is 0.137 e. The summed E-state index contributed by atoms with van der Waals surface area (Å²) < 4.78 is 0. The molecule has 1 N–H and O–H groups in total. The molecule has 0 saturated carbocycles. The second-order valence-electron chi connectivity index (χ2n) is 4.74. The first-order chi connectivity index (χ1) is 8.74. The van der Waals surface area contributed by atoms with Gasteiger partial charge in [0.25, 0.3) is 0 Å². The van der Waals surface area contributed by atoms with Crippen molar-refractivity contribution in [3.05, 3.63) is 11.9 Å². The van der Waals surface area contributed by atoms with Crippen LogP contribution in [0.2, 0.25) is 0 Å². The molecule has 2 rings (SSSR count). The van der Waals surface area contributed by atoms with Crippen LogP contribution in [0.5, 0.6) is 0 Å². The van der Waals surface area contributed by atoms with Crippen molar-refractivity contribution in [3.8, 4) is 0 Å². The monoisotopic (exact) mass is 266 g/mol. The van der Waals surface area contributed by atoms with Crippen LogP contribution in [0.1, 0.15) is 32.3 Å². The lowest BCUT2D eigenvalue weighted by atomic mass is 10.0. The van der Waals surface area contributed by atoms with Crippen molar-refractivity contribution >= 4 is 23.4 Å². The molecule has 4 nitrogen and oxygen atoms in total. The Balaban J connectivity index is 2.35. The molecule has 0 bridgehead atoms. The molecule has 18 heavy (non-hydrogen) atoms. The molecule has 5 heteroatoms. The fourth-order valence-corrected chi connectivity index (χ4v) is 3.16. The van der Waals surface area contributed by atoms with Gasteiger partial charge in [-0.2, -0.15) is 11.8 Å². The highest BCUT2D eigenvalue weighted by Gasteiger charge is 2.20. The summed E-state index contributed by atoms with van der Waals surface area (Å²) in [5.41, 5.74) is 1.26. The first-order valence-electron chi connectivity index (χ1n) is 6.65. The topological polar surface area (TPSA) is 41.1 Å². The maximum absolute atomic E-state index is 4.53. The van der Waals surface area contributed by atoms with Gasteiger partial charge in [0, 0.05) is 36.7 Å². The van der Waals surface area contributed by atoms with Crippen LogP contribution in [0, 0.1) is 0 Å². The summed E-state index contributed by atoms with van der Waals surface area (Å²) in [6.45, 7) is 9.60. The summed E-state index contributed by atoms with van der Waals surface area (Å²) in [5.74, 6) is 4.94. The van der Waals surface area contributed by atoms with Gasteiger partial charge in [-0.05, 0) is 12.8 Å². The quantitative estimate of drug-likeness (QED) is 0.907. The molecule has 0 aliphatic carbocycles. The molecule has 0 aromatic carbocycles. The van der Waals surface area contributed by atoms with Crippen LogP contribution in [-0.2, 0) is 0 Å². The number of aromatic nitrogens is 2. The Bertz CT molecular complexity index is 389. The van der Waals surface area contributed by atoms with Crippen molar-refractivity contribution in [1.82, 2.24) is 9.97 Å². The van der Waals surface area contributed by atoms with Crippen LogP contribution in [0.15, 0.2) is 6.33 Å². The van der Waals surface area contributed by atoms with Gasteiger partial charge >= 0.3 is 0 Å². The molecule has 1 aliphatic rings. The SMILES string of the molecule is CCNc1ncnc(N2CCSCC2)c1C(C)C. The van der Waals surface area contributed by atoms with Gasteiger partial charge in [-0.1, -0.05) is 13.8 Å². The minimum Gasteiger partial charge on any atom is -0.370 e. The molecule has 1 aliphatic heterocycles. The Labute approximate surface area is 114 Å². The highest BCUT2D eigenvalue weighted by Crippen LogP contribution is 2.31. The number of nitrogens with one attached hydrogen (secondary N) is 1. The summed E-state index contributed by atoms with van der Waals surface area (Å²) in [4.78, 5) is 11.3. The maximum Gasteiger partial charge on any atom is 0.137 e. The standard InChI is InChI=1S/C13H22N4S/c1-4-14-12-11(10(2)3)13(16-9-15-12)17-5-7-18-8-6-17/h9-10H,4-8H2,1-3H3,(H,14,15,16). The lowest BCUT2D eigenvalue weighted by Crippen LogP contribution is -2.34. The molecule has 0 spiro atoms. The molecule has 2 heterocycles. The molecule has 0 atom stereocenters. The van der Waals surface area contributed by atoms with Gasteiger partial charge in [0.05, 0.1) is 0 Å². The van der Waals surface area contributed by atoms with Crippen molar-refractivity contribution in [1.29, 1.82) is 0 Å². The molecular formula is C13H22N4S. The summed E-state index contributed by atoms with van der Waals surface area (Å²) in [7, 11) is 0. The number of thioether (sulfide) groups is 1. The van der Waals surface area contributed by atoms with E-state index in [0.717, 1.165) is 31.3 Å². The van der Waals surface area contributed by atoms with E-state index in [-0.39, 0.29) is 0 Å². The number of hydrogen-bond donors (Lipinski definition) is 1. The Morgan fingerprint density at radius 3 is 2.67 bits per heavy atom. The summed E-state index contributed by atoms with van der Waals surface area (Å²) >= 11 is 2.02. The third-order valence-corrected chi connectivity index (χ3v) is 4.04. The Morgan fingerprint density at radius 1 is 1.33 bits per heavy atom. The third kappa shape index (κ3) is 2.88. The van der Waals surface area contributed by atoms with E-state index in [1.165, 1.54) is 17.1 Å². The lowest BCUT2D eigenvalue weighted by Gasteiger charge is -2.30. The Kier molecular flexibility index (Phi) is 4.69. The van der Waals surface area contributed by atoms with Gasteiger partial charge in [0.2, 0.25) is 0 Å². The van der Waals surface area contributed by atoms with Crippen LogP contribution in [0.3, 0.4) is 0 Å². The predicted molar refractivity (Wildman–Crippen MR) is 79.8 cm³/mol. The summed E-state index contributed by atoms with van der Waals surface area (Å²) in [6, 6.07) is 0. The number of hydrogen-bond acceptors (Lipinski definition) is 5. The lowest BCUT2D eigenvalue weighted by molar-refractivity contribution is 0.786. The van der Waals surface area contributed by atoms with E-state index in [1.807, 2.05) is 11.8 Å². The molecule has 0 unspecified atom stereocenters. The van der Waals surface area contributed by atoms with E-state index >= 15 is 0 Å². The van der Waals surface area contributed by atoms with Crippen LogP contribution >= 0.6 is 11.8 Å². The Morgan fingerprint density at radius 2 is 2.06 bits per heavy atom. The van der Waals surface area contributed by atoms with Crippen molar-refractivity contribution < 1.29 is 0 Å². The predicted octanol–water partition coefficient (Wildman–Crippen LogP) is 2.59. The summed E-state index contributed by atoms with van der Waals surface area (Å²) in [6.07, 6.45) is 1.68. The molecule has 0 amide bonds. The van der Waals surface area contributed by atoms with Crippen LogP contribution in [0.4, 0.5) is 11.6 Å². The van der Waals surface area contributed by atoms with Gasteiger partial charge in [0.1, 0.15) is 18.0 Å². The fourth-order valence-electron chi connectivity index (χ4n) is 2.25. The maximum atomic E-state index is 4.53. The molecule has 1 fully saturated rings. The number of rotatable bonds is 4. The molecule has 0 radical (unpaired) electrons. The highest BCUT2D eigenvalue weighted by atomic mass is 32.2. The average Bonchev–Trinajstić information content (AvgIpc) is 2.39. The average molecular weight is 266 g/mol. The number of anilines is 2. The molecule has 1 aromatic rings. The zero-order valence-corrected chi connectivity index (χ0v) is 12.3. The normalized spacial score (nSPS) is 16.1. The van der Waals surface area contributed by atoms with E-state index in [1.54, 1.807) is 6.33 Å². The Hall–Kier alpha value is -0.970. The fraction of sp³-hybridized carbons (Fsp3) is 0.692. The van der Waals surface area contributed by atoms with Gasteiger partial charge in [-0.15, -0.1) is 0 Å². The van der Waals surface area contributed by atoms with Gasteiger partial charge < -0.3 is 10.2 Å². The second kappa shape index (κ2) is 6.27. The third-order valence-electron chi connectivity index (χ3n) is 3.10. The first kappa shape index (κ1) is 13.5. The molecular weight excluding hydrogens is 244 g/mol. The second-order valence-corrected chi connectivity index (χ2v) is 5.97. The van der Waals surface area contributed by atoms with E-state index in [9.17, 15) is 0 Å². The van der Waals surface area contributed by atoms with Crippen molar-refractivity contribution in [2.75, 3.05) is 41.4 Å². The van der Waals surface area contributed by atoms with Gasteiger partial charge in [-0.3, -0.25) is 0 Å². The minimum atomic E-state index is 0.435. The first-order valence-corrected chi connectivity index (χ1v) is 7.81. The zero-order chi connectivity index (χ0) is 13.0. The van der Waals surface area contributed by atoms with Gasteiger partial charge in [-0.25, -0.2) is 9.97 Å². The van der Waals surface area contributed by atoms with E-state index < -0.39 is 0 Å². The molecule has 100 valence electrons. The zero-order valence-electron chi connectivity index (χ0n) is 11.4. The highest BCUT2D eigenvalue weighted by molar-refractivity contribution is 7.99. The largest absolute Gasteiger partial charge is 0.370 e. The van der Waals surface area contributed by atoms with Gasteiger partial charge in [0.15, 0.2) is 0 Å². The van der Waals surface area contributed by atoms with E-state index in [0.29, 0.717) is 5.92 Å².